The molecule has 0 amide bonds. The van der Waals surface area contributed by atoms with E-state index in [0.29, 0.717) is 18.9 Å². The Bertz CT molecular complexity index is 224. The minimum absolute atomic E-state index is 0.0386. The summed E-state index contributed by atoms with van der Waals surface area (Å²) in [6, 6.07) is -0.0386. The van der Waals surface area contributed by atoms with E-state index in [-0.39, 0.29) is 17.4 Å². The Morgan fingerprint density at radius 3 is 2.80 bits per heavy atom. The van der Waals surface area contributed by atoms with Gasteiger partial charge >= 0.3 is 5.97 Å². The van der Waals surface area contributed by atoms with E-state index in [1.807, 2.05) is 13.8 Å². The van der Waals surface area contributed by atoms with Gasteiger partial charge in [0.2, 0.25) is 0 Å². The molecule has 4 nitrogen and oxygen atoms in total. The van der Waals surface area contributed by atoms with Crippen molar-refractivity contribution >= 4 is 5.97 Å². The van der Waals surface area contributed by atoms with E-state index >= 15 is 0 Å². The average Bonchev–Trinajstić information content (AvgIpc) is 2.70. The molecular weight excluding hydrogens is 194 g/mol. The second-order valence-electron chi connectivity index (χ2n) is 4.61. The zero-order chi connectivity index (χ0) is 11.5. The molecule has 15 heavy (non-hydrogen) atoms. The molecule has 3 unspecified atom stereocenters. The Kier molecular flexibility index (Phi) is 4.11. The van der Waals surface area contributed by atoms with E-state index in [2.05, 4.69) is 0 Å². The van der Waals surface area contributed by atoms with Crippen molar-refractivity contribution in [2.75, 3.05) is 20.3 Å². The van der Waals surface area contributed by atoms with E-state index in [4.69, 9.17) is 15.2 Å². The van der Waals surface area contributed by atoms with Gasteiger partial charge in [-0.05, 0) is 24.7 Å². The molecule has 0 saturated carbocycles. The number of rotatable bonds is 4. The monoisotopic (exact) mass is 215 g/mol. The number of hydrogen-bond donors (Lipinski definition) is 1. The van der Waals surface area contributed by atoms with Crippen LogP contribution in [0.25, 0.3) is 0 Å². The molecule has 0 aromatic rings. The summed E-state index contributed by atoms with van der Waals surface area (Å²) in [5.41, 5.74) is 5.77. The molecule has 3 atom stereocenters. The van der Waals surface area contributed by atoms with E-state index in [1.54, 1.807) is 0 Å². The van der Waals surface area contributed by atoms with Crippen LogP contribution in [-0.4, -0.2) is 32.3 Å². The number of ether oxygens (including phenoxy) is 2. The number of esters is 1. The fourth-order valence-corrected chi connectivity index (χ4v) is 2.11. The van der Waals surface area contributed by atoms with Crippen LogP contribution >= 0.6 is 0 Å². The zero-order valence-electron chi connectivity index (χ0n) is 9.79. The molecule has 0 aromatic carbocycles. The highest BCUT2D eigenvalue weighted by atomic mass is 16.5. The summed E-state index contributed by atoms with van der Waals surface area (Å²) >= 11 is 0. The highest BCUT2D eigenvalue weighted by Crippen LogP contribution is 2.39. The minimum Gasteiger partial charge on any atom is -0.469 e. The standard InChI is InChI=1S/C11H21NO3/c1-8(12)11(2,6-10(13)14-3)9-4-5-15-7-9/h8-9H,4-7,12H2,1-3H3. The van der Waals surface area contributed by atoms with E-state index in [1.165, 1.54) is 7.11 Å². The lowest BCUT2D eigenvalue weighted by molar-refractivity contribution is -0.144. The van der Waals surface area contributed by atoms with Gasteiger partial charge in [0.25, 0.3) is 0 Å². The number of carbonyl (C=O) groups is 1. The van der Waals surface area contributed by atoms with Crippen molar-refractivity contribution < 1.29 is 14.3 Å². The SMILES string of the molecule is COC(=O)CC(C)(C(C)N)C1CCOC1. The van der Waals surface area contributed by atoms with Crippen molar-refractivity contribution in [1.82, 2.24) is 0 Å². The molecule has 1 aliphatic heterocycles. The summed E-state index contributed by atoms with van der Waals surface area (Å²) in [6.07, 6.45) is 1.35. The first-order chi connectivity index (χ1) is 7.00. The average molecular weight is 215 g/mol. The number of carbonyl (C=O) groups excluding carboxylic acids is 1. The molecule has 4 heteroatoms. The van der Waals surface area contributed by atoms with Crippen LogP contribution in [0.15, 0.2) is 0 Å². The maximum atomic E-state index is 11.4. The zero-order valence-corrected chi connectivity index (χ0v) is 9.79. The van der Waals surface area contributed by atoms with Gasteiger partial charge in [0.15, 0.2) is 0 Å². The fourth-order valence-electron chi connectivity index (χ4n) is 2.11. The Balaban J connectivity index is 2.72. The summed E-state index contributed by atoms with van der Waals surface area (Å²) in [4.78, 5) is 11.4. The first-order valence-corrected chi connectivity index (χ1v) is 5.41. The molecule has 1 saturated heterocycles. The Morgan fingerprint density at radius 1 is 1.73 bits per heavy atom. The van der Waals surface area contributed by atoms with Crippen molar-refractivity contribution in [1.29, 1.82) is 0 Å². The smallest absolute Gasteiger partial charge is 0.306 e. The molecule has 2 N–H and O–H groups in total. The summed E-state index contributed by atoms with van der Waals surface area (Å²) in [7, 11) is 1.41. The van der Waals surface area contributed by atoms with Crippen molar-refractivity contribution in [3.05, 3.63) is 0 Å². The maximum Gasteiger partial charge on any atom is 0.306 e. The van der Waals surface area contributed by atoms with Crippen LogP contribution in [0, 0.1) is 11.3 Å². The third-order valence-corrected chi connectivity index (χ3v) is 3.66. The first-order valence-electron chi connectivity index (χ1n) is 5.41. The topological polar surface area (TPSA) is 61.5 Å². The van der Waals surface area contributed by atoms with Crippen molar-refractivity contribution in [3.8, 4) is 0 Å². The highest BCUT2D eigenvalue weighted by molar-refractivity contribution is 5.70. The minimum atomic E-state index is -0.219. The Hall–Kier alpha value is -0.610. The lowest BCUT2D eigenvalue weighted by atomic mass is 9.69. The molecular formula is C11H21NO3. The van der Waals surface area contributed by atoms with Crippen molar-refractivity contribution in [2.45, 2.75) is 32.7 Å². The van der Waals surface area contributed by atoms with Crippen LogP contribution in [0.1, 0.15) is 26.7 Å². The molecule has 1 fully saturated rings. The second kappa shape index (κ2) is 4.94. The van der Waals surface area contributed by atoms with Crippen molar-refractivity contribution in [3.63, 3.8) is 0 Å². The van der Waals surface area contributed by atoms with E-state index < -0.39 is 0 Å². The molecule has 0 radical (unpaired) electrons. The highest BCUT2D eigenvalue weighted by Gasteiger charge is 2.41. The third-order valence-electron chi connectivity index (χ3n) is 3.66. The van der Waals surface area contributed by atoms with Crippen LogP contribution in [-0.2, 0) is 14.3 Å². The third kappa shape index (κ3) is 2.69. The van der Waals surface area contributed by atoms with Crippen LogP contribution in [0.5, 0.6) is 0 Å². The lowest BCUT2D eigenvalue weighted by Gasteiger charge is -2.37. The largest absolute Gasteiger partial charge is 0.469 e. The molecule has 1 aliphatic rings. The first kappa shape index (κ1) is 12.5. The molecule has 0 spiro atoms. The van der Waals surface area contributed by atoms with Crippen LogP contribution in [0.4, 0.5) is 0 Å². The van der Waals surface area contributed by atoms with Gasteiger partial charge in [-0.3, -0.25) is 4.79 Å². The molecule has 88 valence electrons. The molecule has 0 aliphatic carbocycles. The van der Waals surface area contributed by atoms with Crippen LogP contribution in [0.3, 0.4) is 0 Å². The number of nitrogens with two attached hydrogens (primary N) is 1. The molecule has 0 aromatic heterocycles. The van der Waals surface area contributed by atoms with Crippen molar-refractivity contribution in [2.24, 2.45) is 17.1 Å². The lowest BCUT2D eigenvalue weighted by Crippen LogP contribution is -2.45. The summed E-state index contributed by atoms with van der Waals surface area (Å²) in [6.45, 7) is 5.47. The van der Waals surface area contributed by atoms with Gasteiger partial charge in [-0.1, -0.05) is 6.92 Å². The van der Waals surface area contributed by atoms with Gasteiger partial charge in [-0.25, -0.2) is 0 Å². The molecule has 1 rings (SSSR count). The normalized spacial score (nSPS) is 27.1. The van der Waals surface area contributed by atoms with Gasteiger partial charge in [-0.2, -0.15) is 0 Å². The second-order valence-corrected chi connectivity index (χ2v) is 4.61. The molecule has 1 heterocycles. The summed E-state index contributed by atoms with van der Waals surface area (Å²) in [5, 5.41) is 0. The van der Waals surface area contributed by atoms with Crippen LogP contribution in [0.2, 0.25) is 0 Å². The number of hydrogen-bond acceptors (Lipinski definition) is 4. The quantitative estimate of drug-likeness (QED) is 0.709. The predicted octanol–water partition coefficient (Wildman–Crippen LogP) is 0.939. The van der Waals surface area contributed by atoms with Gasteiger partial charge in [0.1, 0.15) is 0 Å². The van der Waals surface area contributed by atoms with Gasteiger partial charge in [-0.15, -0.1) is 0 Å². The van der Waals surface area contributed by atoms with Gasteiger partial charge in [0.05, 0.1) is 20.1 Å². The number of methoxy groups -OCH3 is 1. The fraction of sp³-hybridized carbons (Fsp3) is 0.909. The van der Waals surface area contributed by atoms with E-state index in [9.17, 15) is 4.79 Å². The van der Waals surface area contributed by atoms with E-state index in [0.717, 1.165) is 13.0 Å². The molecule has 0 bridgehead atoms. The predicted molar refractivity (Wildman–Crippen MR) is 57.3 cm³/mol. The summed E-state index contributed by atoms with van der Waals surface area (Å²) < 4.78 is 10.1. The van der Waals surface area contributed by atoms with Crippen LogP contribution < -0.4 is 5.73 Å². The Labute approximate surface area is 91.1 Å². The Morgan fingerprint density at radius 2 is 2.40 bits per heavy atom. The maximum absolute atomic E-state index is 11.4. The van der Waals surface area contributed by atoms with Gasteiger partial charge < -0.3 is 15.2 Å². The van der Waals surface area contributed by atoms with Gasteiger partial charge in [0, 0.05) is 12.6 Å². The summed E-state index contributed by atoms with van der Waals surface area (Å²) in [5.74, 6) is 0.165.